The van der Waals surface area contributed by atoms with Crippen molar-refractivity contribution in [1.82, 2.24) is 0 Å². The van der Waals surface area contributed by atoms with E-state index in [2.05, 4.69) is 0 Å². The largest absolute Gasteiger partial charge is 0.481 e. The molecule has 0 saturated heterocycles. The number of nitrogens with two attached hydrogens (primary N) is 1. The van der Waals surface area contributed by atoms with Gasteiger partial charge in [0.25, 0.3) is 0 Å². The molecular weight excluding hydrogens is 238 g/mol. The Hall–Kier alpha value is -2.21. The van der Waals surface area contributed by atoms with Crippen molar-refractivity contribution < 1.29 is 24.2 Å². The first kappa shape index (κ1) is 13.9. The quantitative estimate of drug-likeness (QED) is 0.422. The van der Waals surface area contributed by atoms with E-state index in [0.29, 0.717) is 0 Å². The molecule has 0 heterocycles. The average Bonchev–Trinajstić information content (AvgIpc) is 2.36. The molecule has 1 rings (SSSR count). The number of esters is 1. The second-order valence-corrected chi connectivity index (χ2v) is 3.79. The first-order valence-electron chi connectivity index (χ1n) is 5.16. The van der Waals surface area contributed by atoms with E-state index in [9.17, 15) is 14.4 Å². The van der Waals surface area contributed by atoms with Gasteiger partial charge in [0, 0.05) is 0 Å². The lowest BCUT2D eigenvalue weighted by atomic mass is 9.99. The first-order chi connectivity index (χ1) is 8.48. The van der Waals surface area contributed by atoms with Crippen LogP contribution < -0.4 is 5.73 Å². The summed E-state index contributed by atoms with van der Waals surface area (Å²) in [5, 5.41) is 8.57. The number of aldehydes is 1. The molecular formula is C12H13NO5. The minimum absolute atomic E-state index is 0.0634. The lowest BCUT2D eigenvalue weighted by Gasteiger charge is -2.18. The number of ether oxygens (including phenoxy) is 1. The Kier molecular flexibility index (Phi) is 4.56. The fourth-order valence-electron chi connectivity index (χ4n) is 1.27. The molecule has 6 heteroatoms. The third-order valence-corrected chi connectivity index (χ3v) is 2.25. The first-order valence-corrected chi connectivity index (χ1v) is 5.16. The number of carbonyl (C=O) groups is 3. The molecule has 0 aliphatic heterocycles. The highest BCUT2D eigenvalue weighted by molar-refractivity contribution is 6.01. The second kappa shape index (κ2) is 5.92. The molecule has 0 fully saturated rings. The number of rotatable bonds is 6. The lowest BCUT2D eigenvalue weighted by molar-refractivity contribution is -0.157. The molecule has 0 saturated carbocycles. The van der Waals surface area contributed by atoms with Gasteiger partial charge in [0.1, 0.15) is 6.61 Å². The maximum absolute atomic E-state index is 11.6. The van der Waals surface area contributed by atoms with Crippen LogP contribution in [0.3, 0.4) is 0 Å². The van der Waals surface area contributed by atoms with Crippen LogP contribution in [-0.2, 0) is 25.7 Å². The topological polar surface area (TPSA) is 107 Å². The van der Waals surface area contributed by atoms with E-state index in [1.807, 2.05) is 0 Å². The van der Waals surface area contributed by atoms with Crippen LogP contribution in [0.25, 0.3) is 0 Å². The number of carboxylic acids is 1. The van der Waals surface area contributed by atoms with Gasteiger partial charge in [-0.1, -0.05) is 30.3 Å². The van der Waals surface area contributed by atoms with Gasteiger partial charge in [0.15, 0.2) is 11.8 Å². The van der Waals surface area contributed by atoms with E-state index >= 15 is 0 Å². The summed E-state index contributed by atoms with van der Waals surface area (Å²) in [6.07, 6.45) is -0.710. The Morgan fingerprint density at radius 3 is 2.44 bits per heavy atom. The number of aliphatic carboxylic acids is 1. The molecule has 0 bridgehead atoms. The maximum Gasteiger partial charge on any atom is 0.334 e. The third-order valence-electron chi connectivity index (χ3n) is 2.25. The average molecular weight is 251 g/mol. The van der Waals surface area contributed by atoms with Crippen LogP contribution in [-0.4, -0.2) is 28.9 Å². The van der Waals surface area contributed by atoms with E-state index in [-0.39, 0.29) is 12.9 Å². The molecule has 96 valence electrons. The number of carboxylic acid groups (broad SMARTS) is 1. The van der Waals surface area contributed by atoms with Gasteiger partial charge in [-0.05, 0) is 5.56 Å². The lowest BCUT2D eigenvalue weighted by Crippen LogP contribution is -2.52. The van der Waals surface area contributed by atoms with Crippen molar-refractivity contribution in [2.45, 2.75) is 18.6 Å². The van der Waals surface area contributed by atoms with E-state index < -0.39 is 23.9 Å². The number of benzene rings is 1. The van der Waals surface area contributed by atoms with Gasteiger partial charge in [0.2, 0.25) is 0 Å². The number of hydrogen-bond donors (Lipinski definition) is 2. The highest BCUT2D eigenvalue weighted by Gasteiger charge is 2.38. The molecule has 0 unspecified atom stereocenters. The van der Waals surface area contributed by atoms with Gasteiger partial charge in [0.05, 0.1) is 6.42 Å². The summed E-state index contributed by atoms with van der Waals surface area (Å²) in [5.41, 5.74) is 3.96. The Morgan fingerprint density at radius 1 is 1.33 bits per heavy atom. The van der Waals surface area contributed by atoms with Crippen LogP contribution in [0, 0.1) is 0 Å². The smallest absolute Gasteiger partial charge is 0.334 e. The second-order valence-electron chi connectivity index (χ2n) is 3.79. The van der Waals surface area contributed by atoms with Crippen molar-refractivity contribution in [1.29, 1.82) is 0 Å². The molecule has 0 radical (unpaired) electrons. The number of carbonyl (C=O) groups excluding carboxylic acids is 2. The standard InChI is InChI=1S/C12H13NO5/c13-12(8-14,6-10(15)16)11(17)18-7-9-4-2-1-3-5-9/h1-5,8H,6-7,13H2,(H,15,16)/t12-/m0/s1. The predicted molar refractivity (Wildman–Crippen MR) is 61.5 cm³/mol. The zero-order valence-electron chi connectivity index (χ0n) is 9.54. The van der Waals surface area contributed by atoms with E-state index in [0.717, 1.165) is 5.56 Å². The van der Waals surface area contributed by atoms with Crippen molar-refractivity contribution in [3.8, 4) is 0 Å². The van der Waals surface area contributed by atoms with Crippen LogP contribution >= 0.6 is 0 Å². The van der Waals surface area contributed by atoms with Crippen LogP contribution in [0.15, 0.2) is 30.3 Å². The predicted octanol–water partition coefficient (Wildman–Crippen LogP) is 0.101. The van der Waals surface area contributed by atoms with E-state index in [4.69, 9.17) is 15.6 Å². The molecule has 0 aliphatic rings. The number of hydrogen-bond acceptors (Lipinski definition) is 5. The SMILES string of the molecule is N[C@](C=O)(CC(=O)O)C(=O)OCc1ccccc1. The molecule has 3 N–H and O–H groups in total. The monoisotopic (exact) mass is 251 g/mol. The summed E-state index contributed by atoms with van der Waals surface area (Å²) >= 11 is 0. The van der Waals surface area contributed by atoms with Crippen LogP contribution in [0.1, 0.15) is 12.0 Å². The van der Waals surface area contributed by atoms with Crippen molar-refractivity contribution >= 4 is 18.2 Å². The van der Waals surface area contributed by atoms with Gasteiger partial charge in [-0.3, -0.25) is 4.79 Å². The zero-order chi connectivity index (χ0) is 13.6. The third kappa shape index (κ3) is 3.67. The maximum atomic E-state index is 11.6. The normalized spacial score (nSPS) is 13.4. The Balaban J connectivity index is 2.63. The summed E-state index contributed by atoms with van der Waals surface area (Å²) < 4.78 is 4.83. The minimum Gasteiger partial charge on any atom is -0.481 e. The molecule has 1 aromatic carbocycles. The molecule has 0 spiro atoms. The van der Waals surface area contributed by atoms with Gasteiger partial charge in [-0.25, -0.2) is 4.79 Å². The summed E-state index contributed by atoms with van der Waals surface area (Å²) in [6.45, 7) is -0.0634. The van der Waals surface area contributed by atoms with Gasteiger partial charge >= 0.3 is 11.9 Å². The van der Waals surface area contributed by atoms with Crippen molar-refractivity contribution in [3.05, 3.63) is 35.9 Å². The fraction of sp³-hybridized carbons (Fsp3) is 0.250. The fourth-order valence-corrected chi connectivity index (χ4v) is 1.27. The molecule has 1 atom stereocenters. The van der Waals surface area contributed by atoms with Crippen LogP contribution in [0.4, 0.5) is 0 Å². The molecule has 0 aliphatic carbocycles. The van der Waals surface area contributed by atoms with Crippen LogP contribution in [0.2, 0.25) is 0 Å². The molecule has 6 nitrogen and oxygen atoms in total. The van der Waals surface area contributed by atoms with Crippen LogP contribution in [0.5, 0.6) is 0 Å². The highest BCUT2D eigenvalue weighted by atomic mass is 16.5. The highest BCUT2D eigenvalue weighted by Crippen LogP contribution is 2.09. The van der Waals surface area contributed by atoms with Crippen molar-refractivity contribution in [2.75, 3.05) is 0 Å². The summed E-state index contributed by atoms with van der Waals surface area (Å²) in [5.74, 6) is -2.40. The van der Waals surface area contributed by atoms with Gasteiger partial charge in [-0.15, -0.1) is 0 Å². The summed E-state index contributed by atoms with van der Waals surface area (Å²) in [6, 6.07) is 8.77. The van der Waals surface area contributed by atoms with Crippen molar-refractivity contribution in [2.24, 2.45) is 5.73 Å². The zero-order valence-corrected chi connectivity index (χ0v) is 9.54. The summed E-state index contributed by atoms with van der Waals surface area (Å²) in [4.78, 5) is 32.8. The summed E-state index contributed by atoms with van der Waals surface area (Å²) in [7, 11) is 0. The molecule has 0 amide bonds. The Morgan fingerprint density at radius 2 is 1.94 bits per heavy atom. The Labute approximate surface area is 103 Å². The Bertz CT molecular complexity index is 445. The van der Waals surface area contributed by atoms with Crippen molar-refractivity contribution in [3.63, 3.8) is 0 Å². The van der Waals surface area contributed by atoms with E-state index in [1.165, 1.54) is 0 Å². The van der Waals surface area contributed by atoms with Gasteiger partial charge < -0.3 is 20.4 Å². The molecule has 1 aromatic rings. The molecule has 18 heavy (non-hydrogen) atoms. The van der Waals surface area contributed by atoms with E-state index in [1.54, 1.807) is 30.3 Å². The van der Waals surface area contributed by atoms with Gasteiger partial charge in [-0.2, -0.15) is 0 Å². The molecule has 0 aromatic heterocycles. The minimum atomic E-state index is -2.14.